The van der Waals surface area contributed by atoms with E-state index >= 15 is 0 Å². The fourth-order valence-corrected chi connectivity index (χ4v) is 0.896. The van der Waals surface area contributed by atoms with Crippen molar-refractivity contribution in [2.24, 2.45) is 4.99 Å². The Morgan fingerprint density at radius 3 is 2.90 bits per heavy atom. The number of allylic oxidation sites excluding steroid dienone is 1. The van der Waals surface area contributed by atoms with Gasteiger partial charge >= 0.3 is 0 Å². The minimum absolute atomic E-state index is 0.0185. The third-order valence-corrected chi connectivity index (χ3v) is 1.45. The lowest BCUT2D eigenvalue weighted by molar-refractivity contribution is -0.114. The molecule has 0 saturated heterocycles. The quantitative estimate of drug-likeness (QED) is 0.593. The highest BCUT2D eigenvalue weighted by Gasteiger charge is 2.14. The molecular weight excluding hydrogens is 130 g/mol. The number of hydrogen-bond donors (Lipinski definition) is 1. The summed E-state index contributed by atoms with van der Waals surface area (Å²) in [6.45, 7) is 1.82. The van der Waals surface area contributed by atoms with Gasteiger partial charge in [-0.2, -0.15) is 0 Å². The number of carbonyl (C=O) groups excluding carboxylic acids is 1. The Hall–Kier alpha value is -1.12. The van der Waals surface area contributed by atoms with Gasteiger partial charge in [0, 0.05) is 12.6 Å². The van der Waals surface area contributed by atoms with Gasteiger partial charge in [0.25, 0.3) is 0 Å². The molecule has 54 valence electrons. The lowest BCUT2D eigenvalue weighted by Crippen LogP contribution is -2.09. The van der Waals surface area contributed by atoms with Crippen LogP contribution in [0.4, 0.5) is 0 Å². The number of aliphatic hydroxyl groups excluding tert-OH is 1. The molecule has 1 rings (SSSR count). The molecule has 0 radical (unpaired) electrons. The lowest BCUT2D eigenvalue weighted by Gasteiger charge is -2.06. The predicted octanol–water partition coefficient (Wildman–Crippen LogP) is 1.21. The summed E-state index contributed by atoms with van der Waals surface area (Å²) in [5.41, 5.74) is 0.447. The van der Waals surface area contributed by atoms with Crippen LogP contribution in [0, 0.1) is 0 Å². The number of rotatable bonds is 1. The van der Waals surface area contributed by atoms with Crippen LogP contribution in [0.15, 0.2) is 16.4 Å². The van der Waals surface area contributed by atoms with Gasteiger partial charge in [0.1, 0.15) is 0 Å². The van der Waals surface area contributed by atoms with E-state index < -0.39 is 0 Å². The van der Waals surface area contributed by atoms with Crippen LogP contribution in [0.25, 0.3) is 0 Å². The van der Waals surface area contributed by atoms with E-state index in [1.807, 2.05) is 6.92 Å². The highest BCUT2D eigenvalue weighted by molar-refractivity contribution is 6.05. The van der Waals surface area contributed by atoms with Gasteiger partial charge in [0.15, 0.2) is 5.78 Å². The fourth-order valence-electron chi connectivity index (χ4n) is 0.896. The molecule has 0 amide bonds. The zero-order valence-corrected chi connectivity index (χ0v) is 5.79. The summed E-state index contributed by atoms with van der Waals surface area (Å²) >= 11 is 0. The van der Waals surface area contributed by atoms with Gasteiger partial charge < -0.3 is 5.11 Å². The largest absolute Gasteiger partial charge is 0.493 e. The minimum atomic E-state index is -0.112. The standard InChI is InChI=1S/C7H9NO2/c1-2-5-6(9)3-4-8-7(5)10/h4,10H,2-3H2,1H3. The van der Waals surface area contributed by atoms with Gasteiger partial charge in [-0.25, -0.2) is 4.99 Å². The Balaban J connectivity index is 2.94. The van der Waals surface area contributed by atoms with Crippen LogP contribution in [-0.2, 0) is 4.79 Å². The molecule has 0 bridgehead atoms. The molecule has 0 aliphatic carbocycles. The summed E-state index contributed by atoms with van der Waals surface area (Å²) in [6.07, 6.45) is 2.31. The Bertz CT molecular complexity index is 216. The average molecular weight is 139 g/mol. The highest BCUT2D eigenvalue weighted by Crippen LogP contribution is 2.13. The first-order valence-corrected chi connectivity index (χ1v) is 3.23. The van der Waals surface area contributed by atoms with Crippen molar-refractivity contribution in [3.05, 3.63) is 11.5 Å². The topological polar surface area (TPSA) is 49.7 Å². The SMILES string of the molecule is CCC1=C(O)N=CCC1=O. The number of Topliss-reactive ketones (excluding diaryl/α,β-unsaturated/α-hetero) is 1. The predicted molar refractivity (Wildman–Crippen MR) is 38.1 cm³/mol. The molecule has 1 aliphatic rings. The van der Waals surface area contributed by atoms with Gasteiger partial charge in [-0.3, -0.25) is 4.79 Å². The molecule has 3 heteroatoms. The van der Waals surface area contributed by atoms with Crippen LogP contribution in [0.3, 0.4) is 0 Å². The van der Waals surface area contributed by atoms with Gasteiger partial charge in [-0.05, 0) is 6.42 Å². The van der Waals surface area contributed by atoms with Crippen LogP contribution in [0.2, 0.25) is 0 Å². The summed E-state index contributed by atoms with van der Waals surface area (Å²) in [6, 6.07) is 0. The monoisotopic (exact) mass is 139 g/mol. The maximum absolute atomic E-state index is 10.9. The molecule has 3 nitrogen and oxygen atoms in total. The molecule has 0 aromatic heterocycles. The second-order valence-electron chi connectivity index (χ2n) is 2.09. The van der Waals surface area contributed by atoms with Crippen molar-refractivity contribution in [3.8, 4) is 0 Å². The molecule has 0 saturated carbocycles. The van der Waals surface area contributed by atoms with Crippen molar-refractivity contribution in [1.29, 1.82) is 0 Å². The summed E-state index contributed by atoms with van der Waals surface area (Å²) in [5.74, 6) is -0.131. The van der Waals surface area contributed by atoms with E-state index in [-0.39, 0.29) is 11.7 Å². The van der Waals surface area contributed by atoms with Gasteiger partial charge in [0.05, 0.1) is 5.57 Å². The Labute approximate surface area is 59.1 Å². The van der Waals surface area contributed by atoms with Crippen molar-refractivity contribution < 1.29 is 9.90 Å². The van der Waals surface area contributed by atoms with Gasteiger partial charge in [-0.15, -0.1) is 0 Å². The Kier molecular flexibility index (Phi) is 1.85. The van der Waals surface area contributed by atoms with Crippen molar-refractivity contribution in [3.63, 3.8) is 0 Å². The van der Waals surface area contributed by atoms with Crippen molar-refractivity contribution >= 4 is 12.0 Å². The number of hydrogen-bond acceptors (Lipinski definition) is 3. The molecule has 1 heterocycles. The molecule has 0 spiro atoms. The normalized spacial score (nSPS) is 18.3. The zero-order valence-electron chi connectivity index (χ0n) is 5.79. The highest BCUT2D eigenvalue weighted by atomic mass is 16.3. The van der Waals surface area contributed by atoms with Crippen LogP contribution in [-0.4, -0.2) is 17.1 Å². The molecule has 10 heavy (non-hydrogen) atoms. The molecule has 0 atom stereocenters. The van der Waals surface area contributed by atoms with Crippen molar-refractivity contribution in [2.75, 3.05) is 0 Å². The summed E-state index contributed by atoms with van der Waals surface area (Å²) in [4.78, 5) is 14.5. The number of ketones is 1. The molecule has 0 fully saturated rings. The van der Waals surface area contributed by atoms with Crippen LogP contribution < -0.4 is 0 Å². The van der Waals surface area contributed by atoms with E-state index in [1.54, 1.807) is 0 Å². The first kappa shape index (κ1) is 6.99. The Morgan fingerprint density at radius 2 is 2.50 bits per heavy atom. The lowest BCUT2D eigenvalue weighted by atomic mass is 10.1. The van der Waals surface area contributed by atoms with E-state index in [2.05, 4.69) is 4.99 Å². The van der Waals surface area contributed by atoms with E-state index in [9.17, 15) is 4.79 Å². The molecule has 1 aliphatic heterocycles. The van der Waals surface area contributed by atoms with Gasteiger partial charge in [-0.1, -0.05) is 6.92 Å². The maximum atomic E-state index is 10.9. The minimum Gasteiger partial charge on any atom is -0.493 e. The second-order valence-corrected chi connectivity index (χ2v) is 2.09. The molecule has 0 unspecified atom stereocenters. The van der Waals surface area contributed by atoms with Crippen molar-refractivity contribution in [1.82, 2.24) is 0 Å². The van der Waals surface area contributed by atoms with Crippen LogP contribution in [0.5, 0.6) is 0 Å². The number of aliphatic hydroxyl groups is 1. The third kappa shape index (κ3) is 1.07. The van der Waals surface area contributed by atoms with E-state index in [1.165, 1.54) is 6.21 Å². The summed E-state index contributed by atoms with van der Waals surface area (Å²) in [5, 5.41) is 9.00. The summed E-state index contributed by atoms with van der Waals surface area (Å²) in [7, 11) is 0. The van der Waals surface area contributed by atoms with Crippen LogP contribution in [0.1, 0.15) is 19.8 Å². The van der Waals surface area contributed by atoms with Crippen LogP contribution >= 0.6 is 0 Å². The van der Waals surface area contributed by atoms with E-state index in [4.69, 9.17) is 5.11 Å². The van der Waals surface area contributed by atoms with E-state index in [0.717, 1.165) is 0 Å². The molecule has 0 aromatic carbocycles. The first-order valence-electron chi connectivity index (χ1n) is 3.23. The summed E-state index contributed by atoms with van der Waals surface area (Å²) < 4.78 is 0. The van der Waals surface area contributed by atoms with Crippen molar-refractivity contribution in [2.45, 2.75) is 19.8 Å². The Morgan fingerprint density at radius 1 is 1.80 bits per heavy atom. The molecule has 1 N–H and O–H groups in total. The average Bonchev–Trinajstić information content (AvgIpc) is 1.88. The molecular formula is C7H9NO2. The van der Waals surface area contributed by atoms with Gasteiger partial charge in [0.2, 0.25) is 5.88 Å². The van der Waals surface area contributed by atoms with E-state index in [0.29, 0.717) is 18.4 Å². The number of carbonyl (C=O) groups is 1. The maximum Gasteiger partial charge on any atom is 0.217 e. The number of aliphatic imine (C=N–C) groups is 1. The smallest absolute Gasteiger partial charge is 0.217 e. The zero-order chi connectivity index (χ0) is 7.56. The third-order valence-electron chi connectivity index (χ3n) is 1.45. The molecule has 0 aromatic rings. The number of nitrogens with zero attached hydrogens (tertiary/aromatic N) is 1. The fraction of sp³-hybridized carbons (Fsp3) is 0.429. The second kappa shape index (κ2) is 2.64. The first-order chi connectivity index (χ1) is 4.75.